The van der Waals surface area contributed by atoms with E-state index in [1.165, 1.54) is 51.4 Å². The van der Waals surface area contributed by atoms with Crippen LogP contribution in [0, 0.1) is 0 Å². The summed E-state index contributed by atoms with van der Waals surface area (Å²) in [5.74, 6) is 0. The van der Waals surface area contributed by atoms with Crippen molar-refractivity contribution in [3.63, 3.8) is 0 Å². The predicted octanol–water partition coefficient (Wildman–Crippen LogP) is 2.94. The van der Waals surface area contributed by atoms with E-state index in [1.807, 2.05) is 0 Å². The van der Waals surface area contributed by atoms with Gasteiger partial charge in [0.15, 0.2) is 0 Å². The first-order valence-electron chi connectivity index (χ1n) is 11.0. The van der Waals surface area contributed by atoms with Gasteiger partial charge in [0, 0.05) is 5.25 Å². The second-order valence-electron chi connectivity index (χ2n) is 7.79. The van der Waals surface area contributed by atoms with Gasteiger partial charge in [-0.1, -0.05) is 97.3 Å². The Morgan fingerprint density at radius 1 is 0.704 bits per heavy atom. The van der Waals surface area contributed by atoms with Crippen LogP contribution in [0.1, 0.15) is 123 Å². The van der Waals surface area contributed by atoms with Crippen molar-refractivity contribution in [1.82, 2.24) is 0 Å². The summed E-state index contributed by atoms with van der Waals surface area (Å²) in [6.07, 6.45) is 18.1. The Balaban J connectivity index is 0. The zero-order valence-corrected chi connectivity index (χ0v) is 21.1. The van der Waals surface area contributed by atoms with Crippen LogP contribution in [-0.4, -0.2) is 29.4 Å². The normalized spacial score (nSPS) is 13.9. The van der Waals surface area contributed by atoms with E-state index in [2.05, 4.69) is 6.92 Å². The maximum Gasteiger partial charge on any atom is 1.00 e. The molecular formula is C21H43NaO4S. The Morgan fingerprint density at radius 2 is 1.07 bits per heavy atom. The third-order valence-electron chi connectivity index (χ3n) is 5.32. The third-order valence-corrected chi connectivity index (χ3v) is 6.70. The fourth-order valence-electron chi connectivity index (χ4n) is 3.48. The van der Waals surface area contributed by atoms with Gasteiger partial charge in [-0.05, 0) is 25.7 Å². The summed E-state index contributed by atoms with van der Waals surface area (Å²) >= 11 is 0. The SMILES string of the molecule is CCCCC(O)CCCCCCCCCCCCCC(CC)S(=O)(=O)[O-].[Na+]. The molecule has 0 bridgehead atoms. The number of unbranched alkanes of at least 4 members (excludes halogenated alkanes) is 11. The Morgan fingerprint density at radius 3 is 1.44 bits per heavy atom. The maximum atomic E-state index is 11.0. The molecule has 1 N–H and O–H groups in total. The van der Waals surface area contributed by atoms with Crippen LogP contribution in [0.15, 0.2) is 0 Å². The van der Waals surface area contributed by atoms with Crippen LogP contribution in [0.5, 0.6) is 0 Å². The number of aliphatic hydroxyl groups excluding tert-OH is 1. The second-order valence-corrected chi connectivity index (χ2v) is 9.44. The molecule has 0 aliphatic carbocycles. The van der Waals surface area contributed by atoms with Gasteiger partial charge in [0.25, 0.3) is 0 Å². The molecule has 0 spiro atoms. The van der Waals surface area contributed by atoms with Gasteiger partial charge < -0.3 is 9.66 Å². The van der Waals surface area contributed by atoms with Crippen molar-refractivity contribution < 1.29 is 47.6 Å². The molecule has 27 heavy (non-hydrogen) atoms. The molecular weight excluding hydrogens is 371 g/mol. The van der Waals surface area contributed by atoms with E-state index in [9.17, 15) is 18.1 Å². The first kappa shape index (κ1) is 30.1. The molecule has 0 radical (unpaired) electrons. The molecule has 0 aromatic heterocycles. The molecule has 6 heteroatoms. The maximum absolute atomic E-state index is 11.0. The van der Waals surface area contributed by atoms with E-state index in [0.717, 1.165) is 44.9 Å². The minimum atomic E-state index is -4.10. The molecule has 0 heterocycles. The number of aliphatic hydroxyl groups is 1. The Labute approximate surface area is 191 Å². The number of hydrogen-bond donors (Lipinski definition) is 1. The molecule has 2 unspecified atom stereocenters. The summed E-state index contributed by atoms with van der Waals surface area (Å²) in [4.78, 5) is 0. The van der Waals surface area contributed by atoms with Crippen molar-refractivity contribution in [3.05, 3.63) is 0 Å². The van der Waals surface area contributed by atoms with E-state index < -0.39 is 15.4 Å². The van der Waals surface area contributed by atoms with Crippen LogP contribution >= 0.6 is 0 Å². The molecule has 0 fully saturated rings. The molecule has 4 nitrogen and oxygen atoms in total. The molecule has 0 aliphatic rings. The quantitative estimate of drug-likeness (QED) is 0.200. The van der Waals surface area contributed by atoms with Crippen LogP contribution in [0.2, 0.25) is 0 Å². The van der Waals surface area contributed by atoms with E-state index in [-0.39, 0.29) is 35.7 Å². The van der Waals surface area contributed by atoms with Gasteiger partial charge in [-0.25, -0.2) is 8.42 Å². The van der Waals surface area contributed by atoms with Crippen molar-refractivity contribution in [2.24, 2.45) is 0 Å². The molecule has 0 amide bonds. The van der Waals surface area contributed by atoms with Crippen molar-refractivity contribution in [3.8, 4) is 0 Å². The van der Waals surface area contributed by atoms with E-state index >= 15 is 0 Å². The molecule has 2 atom stereocenters. The van der Waals surface area contributed by atoms with E-state index in [0.29, 0.717) is 12.8 Å². The van der Waals surface area contributed by atoms with Crippen LogP contribution in [0.4, 0.5) is 0 Å². The van der Waals surface area contributed by atoms with Crippen molar-refractivity contribution in [2.75, 3.05) is 0 Å². The van der Waals surface area contributed by atoms with Gasteiger partial charge in [-0.2, -0.15) is 0 Å². The minimum absolute atomic E-state index is 0. The molecule has 0 saturated heterocycles. The largest absolute Gasteiger partial charge is 1.00 e. The predicted molar refractivity (Wildman–Crippen MR) is 109 cm³/mol. The summed E-state index contributed by atoms with van der Waals surface area (Å²) in [7, 11) is -4.10. The van der Waals surface area contributed by atoms with Crippen LogP contribution in [-0.2, 0) is 10.1 Å². The first-order chi connectivity index (χ1) is 12.4. The summed E-state index contributed by atoms with van der Waals surface area (Å²) in [5, 5.41) is 9.10. The molecule has 0 saturated carbocycles. The smallest absolute Gasteiger partial charge is 0.748 e. The van der Waals surface area contributed by atoms with Gasteiger partial charge in [0.05, 0.1) is 16.2 Å². The van der Waals surface area contributed by atoms with Gasteiger partial charge in [-0.3, -0.25) is 0 Å². The molecule has 0 aliphatic heterocycles. The van der Waals surface area contributed by atoms with Gasteiger partial charge in [0.2, 0.25) is 0 Å². The Bertz CT molecular complexity index is 401. The minimum Gasteiger partial charge on any atom is -0.748 e. The van der Waals surface area contributed by atoms with Crippen LogP contribution in [0.25, 0.3) is 0 Å². The average molecular weight is 415 g/mol. The van der Waals surface area contributed by atoms with E-state index in [4.69, 9.17) is 0 Å². The van der Waals surface area contributed by atoms with Crippen molar-refractivity contribution in [2.45, 2.75) is 134 Å². The third kappa shape index (κ3) is 19.9. The first-order valence-corrected chi connectivity index (χ1v) is 12.5. The topological polar surface area (TPSA) is 77.4 Å². The Kier molecular flexibility index (Phi) is 22.4. The summed E-state index contributed by atoms with van der Waals surface area (Å²) in [6.45, 7) is 3.94. The summed E-state index contributed by atoms with van der Waals surface area (Å²) in [6, 6.07) is 0. The van der Waals surface area contributed by atoms with Gasteiger partial charge in [0.1, 0.15) is 0 Å². The Hall–Kier alpha value is 0.870. The monoisotopic (exact) mass is 414 g/mol. The second kappa shape index (κ2) is 20.2. The fraction of sp³-hybridized carbons (Fsp3) is 1.00. The molecule has 158 valence electrons. The standard InChI is InChI=1S/C21H44O4S.Na/c1-3-5-17-20(22)18-15-13-11-9-7-6-8-10-12-14-16-19-21(4-2)26(23,24)25;/h20-22H,3-19H2,1-2H3,(H,23,24,25);/q;+1/p-1. The summed E-state index contributed by atoms with van der Waals surface area (Å²) < 4.78 is 33.0. The zero-order chi connectivity index (χ0) is 19.7. The van der Waals surface area contributed by atoms with Crippen LogP contribution < -0.4 is 29.6 Å². The molecule has 0 aromatic carbocycles. The van der Waals surface area contributed by atoms with Crippen molar-refractivity contribution >= 4 is 10.1 Å². The average Bonchev–Trinajstić information content (AvgIpc) is 2.59. The fourth-order valence-corrected chi connectivity index (χ4v) is 4.34. The van der Waals surface area contributed by atoms with Gasteiger partial charge in [-0.15, -0.1) is 0 Å². The van der Waals surface area contributed by atoms with E-state index in [1.54, 1.807) is 6.92 Å². The van der Waals surface area contributed by atoms with Gasteiger partial charge >= 0.3 is 29.6 Å². The zero-order valence-electron chi connectivity index (χ0n) is 18.3. The molecule has 0 aromatic rings. The number of rotatable bonds is 19. The van der Waals surface area contributed by atoms with Crippen molar-refractivity contribution in [1.29, 1.82) is 0 Å². The summed E-state index contributed by atoms with van der Waals surface area (Å²) in [5.41, 5.74) is 0. The van der Waals surface area contributed by atoms with Crippen LogP contribution in [0.3, 0.4) is 0 Å². The molecule has 0 rings (SSSR count). The number of hydrogen-bond acceptors (Lipinski definition) is 4.